The summed E-state index contributed by atoms with van der Waals surface area (Å²) in [5.74, 6) is -0.627. The van der Waals surface area contributed by atoms with Gasteiger partial charge in [0.05, 0.1) is 35.6 Å². The fraction of sp³-hybridized carbons (Fsp3) is 0.0952. The molecule has 0 spiro atoms. The molecule has 0 aliphatic carbocycles. The predicted octanol–water partition coefficient (Wildman–Crippen LogP) is 4.98. The molecule has 1 amide bonds. The van der Waals surface area contributed by atoms with Gasteiger partial charge < -0.3 is 5.32 Å². The summed E-state index contributed by atoms with van der Waals surface area (Å²) in [6.45, 7) is 0.924. The molecule has 0 unspecified atom stereocenters. The van der Waals surface area contributed by atoms with E-state index < -0.39 is 0 Å². The first-order chi connectivity index (χ1) is 14.5. The molecule has 0 fully saturated rings. The first kappa shape index (κ1) is 20.3. The zero-order valence-corrected chi connectivity index (χ0v) is 17.9. The van der Waals surface area contributed by atoms with Crippen molar-refractivity contribution in [3.8, 4) is 0 Å². The van der Waals surface area contributed by atoms with Crippen LogP contribution < -0.4 is 5.32 Å². The van der Waals surface area contributed by atoms with Crippen LogP contribution in [0.2, 0.25) is 5.02 Å². The summed E-state index contributed by atoms with van der Waals surface area (Å²) < 4.78 is 17.5. The van der Waals surface area contributed by atoms with Gasteiger partial charge in [0.25, 0.3) is 5.91 Å². The molecular formula is C21H16BrClFN5O. The van der Waals surface area contributed by atoms with Gasteiger partial charge >= 0.3 is 0 Å². The highest BCUT2D eigenvalue weighted by atomic mass is 79.9. The third kappa shape index (κ3) is 4.95. The minimum absolute atomic E-state index is 0.238. The Labute approximate surface area is 185 Å². The number of nitrogens with one attached hydrogen (secondary N) is 1. The van der Waals surface area contributed by atoms with Crippen molar-refractivity contribution in [2.75, 3.05) is 5.32 Å². The van der Waals surface area contributed by atoms with Crippen LogP contribution in [0, 0.1) is 5.82 Å². The Bertz CT molecular complexity index is 1210. The maximum atomic E-state index is 13.2. The van der Waals surface area contributed by atoms with Crippen LogP contribution in [0.15, 0.2) is 71.7 Å². The van der Waals surface area contributed by atoms with Crippen molar-refractivity contribution in [1.29, 1.82) is 0 Å². The van der Waals surface area contributed by atoms with Gasteiger partial charge in [-0.1, -0.05) is 29.8 Å². The fourth-order valence-electron chi connectivity index (χ4n) is 2.97. The Morgan fingerprint density at radius 3 is 2.63 bits per heavy atom. The molecule has 0 saturated heterocycles. The molecule has 0 atom stereocenters. The van der Waals surface area contributed by atoms with Crippen molar-refractivity contribution >= 4 is 39.1 Å². The van der Waals surface area contributed by atoms with Crippen LogP contribution in [0.4, 0.5) is 10.1 Å². The lowest BCUT2D eigenvalue weighted by Gasteiger charge is -2.06. The number of halogens is 3. The Morgan fingerprint density at radius 1 is 1.07 bits per heavy atom. The summed E-state index contributed by atoms with van der Waals surface area (Å²) in [6, 6.07) is 11.6. The summed E-state index contributed by atoms with van der Waals surface area (Å²) in [5.41, 5.74) is 2.78. The van der Waals surface area contributed by atoms with Gasteiger partial charge in [0.15, 0.2) is 0 Å². The number of carbonyl (C=O) groups is 1. The molecule has 0 saturated carbocycles. The Kier molecular flexibility index (Phi) is 5.96. The average Bonchev–Trinajstić information content (AvgIpc) is 3.33. The number of rotatable bonds is 6. The number of anilines is 1. The van der Waals surface area contributed by atoms with Gasteiger partial charge in [-0.25, -0.2) is 4.39 Å². The van der Waals surface area contributed by atoms with Gasteiger partial charge in [-0.2, -0.15) is 10.2 Å². The summed E-state index contributed by atoms with van der Waals surface area (Å²) >= 11 is 9.44. The van der Waals surface area contributed by atoms with Gasteiger partial charge in [-0.05, 0) is 51.3 Å². The van der Waals surface area contributed by atoms with Gasteiger partial charge in [-0.3, -0.25) is 14.2 Å². The second-order valence-corrected chi connectivity index (χ2v) is 8.00. The van der Waals surface area contributed by atoms with Crippen LogP contribution in [0.25, 0.3) is 0 Å². The molecule has 2 aromatic carbocycles. The van der Waals surface area contributed by atoms with E-state index in [-0.39, 0.29) is 11.7 Å². The summed E-state index contributed by atoms with van der Waals surface area (Å²) in [6.07, 6.45) is 6.84. The predicted molar refractivity (Wildman–Crippen MR) is 116 cm³/mol. The van der Waals surface area contributed by atoms with Gasteiger partial charge in [0.1, 0.15) is 5.82 Å². The van der Waals surface area contributed by atoms with E-state index in [2.05, 4.69) is 31.4 Å². The monoisotopic (exact) mass is 487 g/mol. The lowest BCUT2D eigenvalue weighted by molar-refractivity contribution is 0.102. The van der Waals surface area contributed by atoms with Crippen LogP contribution in [-0.4, -0.2) is 25.5 Å². The largest absolute Gasteiger partial charge is 0.319 e. The van der Waals surface area contributed by atoms with E-state index in [1.54, 1.807) is 40.1 Å². The number of aromatic nitrogens is 4. The standard InChI is InChI=1S/C21H16BrClFN5O/c22-17-8-25-28(12-17)10-14-2-1-3-15(6-14)21(30)27-19-9-26-29(13-19)11-16-4-5-18(24)7-20(16)23/h1-9,12-13H,10-11H2,(H,27,30). The molecule has 0 aliphatic heterocycles. The summed E-state index contributed by atoms with van der Waals surface area (Å²) in [4.78, 5) is 12.6. The normalized spacial score (nSPS) is 10.9. The minimum Gasteiger partial charge on any atom is -0.319 e. The molecule has 0 bridgehead atoms. The number of nitrogens with zero attached hydrogens (tertiary/aromatic N) is 4. The highest BCUT2D eigenvalue weighted by molar-refractivity contribution is 9.10. The van der Waals surface area contributed by atoms with E-state index in [1.165, 1.54) is 12.1 Å². The van der Waals surface area contributed by atoms with E-state index in [1.807, 2.05) is 24.4 Å². The van der Waals surface area contributed by atoms with Crippen LogP contribution in [0.5, 0.6) is 0 Å². The summed E-state index contributed by atoms with van der Waals surface area (Å²) in [5, 5.41) is 11.6. The van der Waals surface area contributed by atoms with E-state index in [0.29, 0.717) is 29.4 Å². The maximum Gasteiger partial charge on any atom is 0.255 e. The van der Waals surface area contributed by atoms with Crippen molar-refractivity contribution in [3.63, 3.8) is 0 Å². The molecular weight excluding hydrogens is 473 g/mol. The molecule has 0 radical (unpaired) electrons. The second-order valence-electron chi connectivity index (χ2n) is 6.67. The topological polar surface area (TPSA) is 64.7 Å². The molecule has 9 heteroatoms. The van der Waals surface area contributed by atoms with Crippen LogP contribution in [0.1, 0.15) is 21.5 Å². The molecule has 6 nitrogen and oxygen atoms in total. The lowest BCUT2D eigenvalue weighted by atomic mass is 10.1. The highest BCUT2D eigenvalue weighted by Crippen LogP contribution is 2.19. The van der Waals surface area contributed by atoms with Gasteiger partial charge in [0.2, 0.25) is 0 Å². The smallest absolute Gasteiger partial charge is 0.255 e. The third-order valence-electron chi connectivity index (χ3n) is 4.37. The van der Waals surface area contributed by atoms with Crippen molar-refractivity contribution in [2.24, 2.45) is 0 Å². The Balaban J connectivity index is 1.42. The molecule has 152 valence electrons. The number of hydrogen-bond donors (Lipinski definition) is 1. The van der Waals surface area contributed by atoms with Crippen LogP contribution in [-0.2, 0) is 13.1 Å². The van der Waals surface area contributed by atoms with E-state index in [0.717, 1.165) is 15.6 Å². The Hall–Kier alpha value is -2.97. The van der Waals surface area contributed by atoms with Crippen LogP contribution in [0.3, 0.4) is 0 Å². The van der Waals surface area contributed by atoms with Crippen molar-refractivity contribution < 1.29 is 9.18 Å². The fourth-order valence-corrected chi connectivity index (χ4v) is 3.52. The third-order valence-corrected chi connectivity index (χ3v) is 5.14. The first-order valence-corrected chi connectivity index (χ1v) is 10.2. The number of benzene rings is 2. The first-order valence-electron chi connectivity index (χ1n) is 9.01. The molecule has 2 aromatic heterocycles. The molecule has 4 rings (SSSR count). The van der Waals surface area contributed by atoms with Gasteiger partial charge in [0, 0.05) is 23.0 Å². The van der Waals surface area contributed by atoms with E-state index >= 15 is 0 Å². The molecule has 0 aliphatic rings. The maximum absolute atomic E-state index is 13.2. The Morgan fingerprint density at radius 2 is 1.87 bits per heavy atom. The highest BCUT2D eigenvalue weighted by Gasteiger charge is 2.10. The number of amides is 1. The molecule has 30 heavy (non-hydrogen) atoms. The van der Waals surface area contributed by atoms with Gasteiger partial charge in [-0.15, -0.1) is 0 Å². The number of carbonyl (C=O) groups excluding carboxylic acids is 1. The minimum atomic E-state index is -0.389. The zero-order chi connectivity index (χ0) is 21.1. The van der Waals surface area contributed by atoms with E-state index in [4.69, 9.17) is 11.6 Å². The lowest BCUT2D eigenvalue weighted by Crippen LogP contribution is -2.12. The number of hydrogen-bond acceptors (Lipinski definition) is 3. The van der Waals surface area contributed by atoms with Crippen LogP contribution >= 0.6 is 27.5 Å². The molecule has 4 aromatic rings. The molecule has 2 heterocycles. The molecule has 1 N–H and O–H groups in total. The average molecular weight is 489 g/mol. The van der Waals surface area contributed by atoms with E-state index in [9.17, 15) is 9.18 Å². The van der Waals surface area contributed by atoms with Crippen molar-refractivity contribution in [1.82, 2.24) is 19.6 Å². The zero-order valence-electron chi connectivity index (χ0n) is 15.6. The van der Waals surface area contributed by atoms with Crippen molar-refractivity contribution in [3.05, 3.63) is 99.3 Å². The van der Waals surface area contributed by atoms with Crippen molar-refractivity contribution in [2.45, 2.75) is 13.1 Å². The second kappa shape index (κ2) is 8.81. The quantitative estimate of drug-likeness (QED) is 0.416. The SMILES string of the molecule is O=C(Nc1cnn(Cc2ccc(F)cc2Cl)c1)c1cccc(Cn2cc(Br)cn2)c1. The summed E-state index contributed by atoms with van der Waals surface area (Å²) in [7, 11) is 0.